The highest BCUT2D eigenvalue weighted by Crippen LogP contribution is 2.45. The number of aromatic nitrogens is 2. The van der Waals surface area contributed by atoms with Crippen molar-refractivity contribution in [3.05, 3.63) is 82.5 Å². The predicted octanol–water partition coefficient (Wildman–Crippen LogP) is 7.47. The summed E-state index contributed by atoms with van der Waals surface area (Å²) in [5.41, 5.74) is 3.34. The zero-order valence-corrected chi connectivity index (χ0v) is 32.9. The molecule has 0 radical (unpaired) electrons. The summed E-state index contributed by atoms with van der Waals surface area (Å²) in [5, 5.41) is 4.78. The van der Waals surface area contributed by atoms with E-state index in [0.717, 1.165) is 30.0 Å². The Morgan fingerprint density at radius 3 is 2.69 bits per heavy atom. The Morgan fingerprint density at radius 2 is 1.94 bits per heavy atom. The molecule has 0 saturated heterocycles. The standard InChI is InChI=1S/C38H47ClN4O6S.C2H6/c1-26-21-43-24-38(16-8-9-28-19-30(39)12-13-32(28)38)25-49-35-14-11-29(20-33(35)43)37(45)41-50(46,18-7-5-6-10-34(47-4)27(26)2)23-31(44)22-48-36-15-17-40-42(36)3;1-2/h6,10-15,17,19-20,26-27,34H,5,7-9,16,18,21-25H2,1-4H3;1-2H3/b10-6+;/t26-,27+,34-,38-,50+;/m0./s1. The molecule has 3 aromatic rings. The van der Waals surface area contributed by atoms with E-state index in [0.29, 0.717) is 49.7 Å². The van der Waals surface area contributed by atoms with Crippen molar-refractivity contribution >= 4 is 38.7 Å². The van der Waals surface area contributed by atoms with Crippen molar-refractivity contribution in [2.24, 2.45) is 23.2 Å². The lowest BCUT2D eigenvalue weighted by atomic mass is 9.70. The third-order valence-electron chi connectivity index (χ3n) is 10.4. The van der Waals surface area contributed by atoms with Crippen LogP contribution in [-0.4, -0.2) is 76.7 Å². The van der Waals surface area contributed by atoms with E-state index in [1.807, 2.05) is 38.1 Å². The number of ketones is 1. The van der Waals surface area contributed by atoms with Crippen molar-refractivity contribution < 1.29 is 28.0 Å². The topological polar surface area (TPSA) is 112 Å². The van der Waals surface area contributed by atoms with Crippen LogP contribution in [0.4, 0.5) is 5.69 Å². The van der Waals surface area contributed by atoms with Gasteiger partial charge >= 0.3 is 0 Å². The van der Waals surface area contributed by atoms with Crippen LogP contribution in [0.15, 0.2) is 65.2 Å². The van der Waals surface area contributed by atoms with Gasteiger partial charge in [-0.3, -0.25) is 9.59 Å². The fourth-order valence-corrected chi connectivity index (χ4v) is 9.62. The number of hydrogen-bond acceptors (Lipinski definition) is 8. The highest BCUT2D eigenvalue weighted by Gasteiger charge is 2.42. The first-order valence-electron chi connectivity index (χ1n) is 18.4. The molecule has 3 heterocycles. The van der Waals surface area contributed by atoms with Crippen LogP contribution in [0.25, 0.3) is 0 Å². The smallest absolute Gasteiger partial charge is 0.285 e. The molecule has 2 aromatic carbocycles. The van der Waals surface area contributed by atoms with Crippen molar-refractivity contribution in [3.8, 4) is 11.6 Å². The molecule has 6 rings (SSSR count). The predicted molar refractivity (Wildman–Crippen MR) is 207 cm³/mol. The average molecular weight is 753 g/mol. The van der Waals surface area contributed by atoms with Crippen molar-refractivity contribution in [1.82, 2.24) is 9.78 Å². The summed E-state index contributed by atoms with van der Waals surface area (Å²) < 4.78 is 38.3. The number of Topliss-reactive ketones (excluding diaryl/α,β-unsaturated/α-hetero) is 1. The van der Waals surface area contributed by atoms with E-state index in [4.69, 9.17) is 25.8 Å². The minimum Gasteiger partial charge on any atom is -0.490 e. The Labute approximate surface area is 314 Å². The Balaban J connectivity index is 0.00000257. The number of allylic oxidation sites excluding steroid dienone is 1. The van der Waals surface area contributed by atoms with Crippen LogP contribution >= 0.6 is 11.6 Å². The number of methoxy groups -OCH3 is 1. The number of carbonyl (C=O) groups excluding carboxylic acids is 2. The van der Waals surface area contributed by atoms with Crippen LogP contribution in [0.5, 0.6) is 11.6 Å². The lowest BCUT2D eigenvalue weighted by molar-refractivity contribution is -0.118. The molecule has 282 valence electrons. The van der Waals surface area contributed by atoms with Crippen molar-refractivity contribution in [2.75, 3.05) is 49.8 Å². The molecule has 2 aliphatic heterocycles. The molecule has 1 aromatic heterocycles. The van der Waals surface area contributed by atoms with Gasteiger partial charge in [-0.05, 0) is 85.4 Å². The number of benzene rings is 2. The second-order valence-corrected chi connectivity index (χ2v) is 16.9. The molecule has 10 nitrogen and oxygen atoms in total. The highest BCUT2D eigenvalue weighted by atomic mass is 35.5. The zero-order chi connectivity index (χ0) is 37.5. The molecule has 1 spiro atoms. The van der Waals surface area contributed by atoms with E-state index in [-0.39, 0.29) is 41.5 Å². The number of halogens is 1. The number of aryl methyl sites for hydroxylation is 2. The van der Waals surface area contributed by atoms with Crippen LogP contribution in [0.1, 0.15) is 74.9 Å². The quantitative estimate of drug-likeness (QED) is 0.239. The summed E-state index contributed by atoms with van der Waals surface area (Å²) in [6.07, 6.45) is 9.60. The first-order chi connectivity index (χ1) is 25.0. The maximum Gasteiger partial charge on any atom is 0.285 e. The van der Waals surface area contributed by atoms with Gasteiger partial charge in [-0.1, -0.05) is 57.5 Å². The van der Waals surface area contributed by atoms with Crippen LogP contribution in [-0.2, 0) is 38.1 Å². The first kappa shape index (κ1) is 39.5. The molecule has 12 heteroatoms. The minimum atomic E-state index is -3.25. The largest absolute Gasteiger partial charge is 0.490 e. The molecule has 0 N–H and O–H groups in total. The van der Waals surface area contributed by atoms with Gasteiger partial charge in [0.1, 0.15) is 12.4 Å². The highest BCUT2D eigenvalue weighted by molar-refractivity contribution is 7.94. The molecule has 1 aliphatic carbocycles. The molecular weight excluding hydrogens is 700 g/mol. The molecule has 0 fully saturated rings. The number of amides is 1. The number of ether oxygens (including phenoxy) is 3. The summed E-state index contributed by atoms with van der Waals surface area (Å²) >= 11 is 6.44. The van der Waals surface area contributed by atoms with E-state index in [2.05, 4.69) is 46.4 Å². The Bertz CT molecular complexity index is 1880. The van der Waals surface area contributed by atoms with Gasteiger partial charge in [0.05, 0.1) is 40.1 Å². The van der Waals surface area contributed by atoms with Gasteiger partial charge in [0.2, 0.25) is 5.88 Å². The van der Waals surface area contributed by atoms with E-state index in [9.17, 15) is 13.8 Å². The maximum absolute atomic E-state index is 14.3. The minimum absolute atomic E-state index is 0.0935. The van der Waals surface area contributed by atoms with Crippen molar-refractivity contribution in [3.63, 3.8) is 0 Å². The normalized spacial score (nSPS) is 26.9. The van der Waals surface area contributed by atoms with Gasteiger partial charge in [-0.25, -0.2) is 8.89 Å². The number of hydrogen-bond donors (Lipinski definition) is 0. The maximum atomic E-state index is 14.3. The monoisotopic (exact) mass is 752 g/mol. The second kappa shape index (κ2) is 17.4. The van der Waals surface area contributed by atoms with Gasteiger partial charge in [-0.2, -0.15) is 9.46 Å². The molecule has 5 atom stereocenters. The Morgan fingerprint density at radius 1 is 1.13 bits per heavy atom. The van der Waals surface area contributed by atoms with Gasteiger partial charge in [0, 0.05) is 55.1 Å². The molecule has 52 heavy (non-hydrogen) atoms. The summed E-state index contributed by atoms with van der Waals surface area (Å²) in [5.74, 6) is 0.186. The molecule has 3 aliphatic rings. The van der Waals surface area contributed by atoms with E-state index >= 15 is 0 Å². The van der Waals surface area contributed by atoms with Gasteiger partial charge in [0.25, 0.3) is 5.91 Å². The number of rotatable bonds is 6. The fourth-order valence-electron chi connectivity index (χ4n) is 7.52. The van der Waals surface area contributed by atoms with Crippen LogP contribution in [0, 0.1) is 11.8 Å². The summed E-state index contributed by atoms with van der Waals surface area (Å²) in [6, 6.07) is 13.2. The molecule has 2 bridgehead atoms. The molecule has 0 unspecified atom stereocenters. The molecule has 1 amide bonds. The summed E-state index contributed by atoms with van der Waals surface area (Å²) in [7, 11) is 0.181. The second-order valence-electron chi connectivity index (χ2n) is 14.0. The lowest BCUT2D eigenvalue weighted by Gasteiger charge is -2.42. The lowest BCUT2D eigenvalue weighted by Crippen LogP contribution is -2.47. The number of anilines is 1. The summed E-state index contributed by atoms with van der Waals surface area (Å²) in [6.45, 7) is 10.0. The first-order valence-corrected chi connectivity index (χ1v) is 20.6. The van der Waals surface area contributed by atoms with Gasteiger partial charge in [-0.15, -0.1) is 0 Å². The molecular formula is C40H53ClN4O6S. The van der Waals surface area contributed by atoms with E-state index < -0.39 is 21.4 Å². The van der Waals surface area contributed by atoms with Crippen LogP contribution in [0.2, 0.25) is 5.02 Å². The average Bonchev–Trinajstić information content (AvgIpc) is 3.48. The van der Waals surface area contributed by atoms with E-state index in [1.54, 1.807) is 32.5 Å². The van der Waals surface area contributed by atoms with Gasteiger partial charge < -0.3 is 19.1 Å². The van der Waals surface area contributed by atoms with Gasteiger partial charge in [0.15, 0.2) is 5.78 Å². The van der Waals surface area contributed by atoms with E-state index in [1.165, 1.54) is 15.8 Å². The number of fused-ring (bicyclic) bond motifs is 3. The van der Waals surface area contributed by atoms with Crippen LogP contribution in [0.3, 0.4) is 0 Å². The third-order valence-corrected chi connectivity index (χ3v) is 12.9. The summed E-state index contributed by atoms with van der Waals surface area (Å²) in [4.78, 5) is 29.3. The van der Waals surface area contributed by atoms with Crippen LogP contribution < -0.4 is 14.4 Å². The Kier molecular flexibility index (Phi) is 13.3. The third kappa shape index (κ3) is 9.09. The van der Waals surface area contributed by atoms with Crippen molar-refractivity contribution in [1.29, 1.82) is 0 Å². The number of carbonyl (C=O) groups is 2. The SMILES string of the molecule is CC.CO[C@H]1/C=C/CCC[S@@](=O)(CC(=O)COc2ccnn2C)=NC(=O)c2ccc3c(c2)N(C[C@H](C)[C@H]1C)C[C@@]1(CCCc2cc(Cl)ccc21)CO3. The molecule has 0 saturated carbocycles. The van der Waals surface area contributed by atoms with Crippen molar-refractivity contribution in [2.45, 2.75) is 71.3 Å². The zero-order valence-electron chi connectivity index (χ0n) is 31.3. The number of nitrogens with zero attached hydrogens (tertiary/aromatic N) is 4. The Hall–Kier alpha value is -3.67. The fraction of sp³-hybridized carbons (Fsp3) is 0.525.